The van der Waals surface area contributed by atoms with Gasteiger partial charge in [0.25, 0.3) is 5.56 Å². The number of rotatable bonds is 8. The van der Waals surface area contributed by atoms with Crippen molar-refractivity contribution in [2.45, 2.75) is 45.8 Å². The summed E-state index contributed by atoms with van der Waals surface area (Å²) in [4.78, 5) is 46.4. The van der Waals surface area contributed by atoms with E-state index < -0.39 is 11.5 Å². The van der Waals surface area contributed by atoms with Crippen molar-refractivity contribution in [1.29, 1.82) is 0 Å². The molecule has 10 nitrogen and oxygen atoms in total. The molecule has 0 bridgehead atoms. The molecule has 0 amide bonds. The molecule has 3 heterocycles. The summed E-state index contributed by atoms with van der Waals surface area (Å²) < 4.78 is 13.4. The number of carbonyl (C=O) groups is 2. The van der Waals surface area contributed by atoms with E-state index >= 15 is 0 Å². The summed E-state index contributed by atoms with van der Waals surface area (Å²) in [6.07, 6.45) is 5.03. The molecule has 0 spiro atoms. The van der Waals surface area contributed by atoms with E-state index in [2.05, 4.69) is 4.98 Å². The van der Waals surface area contributed by atoms with Crippen LogP contribution in [0.4, 0.5) is 5.82 Å². The number of ketones is 1. The van der Waals surface area contributed by atoms with Gasteiger partial charge in [-0.3, -0.25) is 14.2 Å². The van der Waals surface area contributed by atoms with E-state index in [0.717, 1.165) is 18.4 Å². The normalized spacial score (nSPS) is 15.5. The number of carbonyl (C=O) groups excluding carboxylic acids is 2. The van der Waals surface area contributed by atoms with E-state index in [0.29, 0.717) is 36.8 Å². The van der Waals surface area contributed by atoms with Crippen LogP contribution in [-0.4, -0.2) is 59.2 Å². The van der Waals surface area contributed by atoms with Crippen LogP contribution in [0.3, 0.4) is 0 Å². The molecule has 1 saturated heterocycles. The molecular formula is C27H33N5O5. The summed E-state index contributed by atoms with van der Waals surface area (Å²) in [6.45, 7) is 5.30. The van der Waals surface area contributed by atoms with Gasteiger partial charge in [-0.1, -0.05) is 23.8 Å². The third-order valence-corrected chi connectivity index (χ3v) is 6.53. The number of hydrogen-bond donors (Lipinski definition) is 1. The van der Waals surface area contributed by atoms with Gasteiger partial charge in [-0.15, -0.1) is 0 Å². The summed E-state index contributed by atoms with van der Waals surface area (Å²) in [6, 6.07) is 6.71. The monoisotopic (exact) mass is 507 g/mol. The number of hydrogen-bond acceptors (Lipinski definition) is 8. The van der Waals surface area contributed by atoms with Crippen LogP contribution in [0.5, 0.6) is 5.75 Å². The average molecular weight is 508 g/mol. The van der Waals surface area contributed by atoms with Gasteiger partial charge in [-0.2, -0.15) is 0 Å². The van der Waals surface area contributed by atoms with E-state index in [1.807, 2.05) is 24.8 Å². The molecule has 1 aliphatic heterocycles. The maximum atomic E-state index is 13.8. The van der Waals surface area contributed by atoms with Crippen LogP contribution in [-0.2, 0) is 17.8 Å². The van der Waals surface area contributed by atoms with Gasteiger partial charge in [0.15, 0.2) is 5.78 Å². The Hall–Kier alpha value is -3.92. The number of benzene rings is 1. The predicted octanol–water partition coefficient (Wildman–Crippen LogP) is 2.77. The van der Waals surface area contributed by atoms with Crippen molar-refractivity contribution in [2.24, 2.45) is 5.73 Å². The third-order valence-electron chi connectivity index (χ3n) is 6.53. The Kier molecular flexibility index (Phi) is 7.77. The molecule has 4 rings (SSSR count). The lowest BCUT2D eigenvalue weighted by molar-refractivity contribution is 0.0603. The third kappa shape index (κ3) is 5.29. The quantitative estimate of drug-likeness (QED) is 0.281. The van der Waals surface area contributed by atoms with Gasteiger partial charge in [0.05, 0.1) is 27.1 Å². The van der Waals surface area contributed by atoms with E-state index in [-0.39, 0.29) is 35.0 Å². The molecule has 1 aliphatic rings. The Bertz CT molecular complexity index is 1420. The Labute approximate surface area is 215 Å². The van der Waals surface area contributed by atoms with Crippen LogP contribution in [0, 0.1) is 0 Å². The predicted molar refractivity (Wildman–Crippen MR) is 142 cm³/mol. The van der Waals surface area contributed by atoms with Gasteiger partial charge in [0.2, 0.25) is 0 Å². The molecule has 0 radical (unpaired) electrons. The number of piperidine rings is 1. The molecule has 0 aliphatic carbocycles. The zero-order valence-corrected chi connectivity index (χ0v) is 21.7. The number of anilines is 1. The molecule has 10 heteroatoms. The van der Waals surface area contributed by atoms with Gasteiger partial charge in [-0.05, 0) is 38.8 Å². The Morgan fingerprint density at radius 1 is 1.24 bits per heavy atom. The molecular weight excluding hydrogens is 474 g/mol. The fraction of sp³-hybridized carbons (Fsp3) is 0.407. The largest absolute Gasteiger partial charge is 0.497 e. The van der Waals surface area contributed by atoms with Crippen LogP contribution in [0.15, 0.2) is 47.0 Å². The second-order valence-corrected chi connectivity index (χ2v) is 9.46. The summed E-state index contributed by atoms with van der Waals surface area (Å²) in [7, 11) is 2.83. The van der Waals surface area contributed by atoms with E-state index in [1.54, 1.807) is 28.8 Å². The van der Waals surface area contributed by atoms with Crippen molar-refractivity contribution < 1.29 is 19.1 Å². The van der Waals surface area contributed by atoms with Gasteiger partial charge in [0.1, 0.15) is 28.2 Å². The number of esters is 1. The van der Waals surface area contributed by atoms with Crippen LogP contribution < -0.4 is 20.9 Å². The lowest BCUT2D eigenvalue weighted by Gasteiger charge is -2.33. The van der Waals surface area contributed by atoms with Crippen LogP contribution in [0.2, 0.25) is 0 Å². The fourth-order valence-electron chi connectivity index (χ4n) is 4.68. The number of allylic oxidation sites excluding steroid dienone is 2. The summed E-state index contributed by atoms with van der Waals surface area (Å²) in [5, 5.41) is 0. The highest BCUT2D eigenvalue weighted by molar-refractivity contribution is 6.08. The summed E-state index contributed by atoms with van der Waals surface area (Å²) in [5.41, 5.74) is 8.05. The van der Waals surface area contributed by atoms with Gasteiger partial charge in [0, 0.05) is 31.2 Å². The Morgan fingerprint density at radius 2 is 2.03 bits per heavy atom. The Balaban J connectivity index is 1.89. The van der Waals surface area contributed by atoms with Crippen LogP contribution in [0.1, 0.15) is 47.4 Å². The molecule has 2 N–H and O–H groups in total. The SMILES string of the molecule is COC(=O)c1c(N2CCC[C@@H](N)C2)n(CC=C(C)C)c2c(=O)n(CC(=O)c3cccc(OC)c3)cnc12. The number of aromatic nitrogens is 3. The van der Waals surface area contributed by atoms with Crippen molar-refractivity contribution in [3.8, 4) is 5.75 Å². The van der Waals surface area contributed by atoms with Crippen molar-refractivity contribution >= 4 is 28.6 Å². The first-order chi connectivity index (χ1) is 17.7. The first-order valence-corrected chi connectivity index (χ1v) is 12.3. The van der Waals surface area contributed by atoms with Crippen molar-refractivity contribution in [2.75, 3.05) is 32.2 Å². The number of nitrogens with zero attached hydrogens (tertiary/aromatic N) is 4. The smallest absolute Gasteiger partial charge is 0.343 e. The molecule has 0 saturated carbocycles. The molecule has 37 heavy (non-hydrogen) atoms. The van der Waals surface area contributed by atoms with Crippen molar-refractivity contribution in [3.05, 3.63) is 63.7 Å². The second-order valence-electron chi connectivity index (χ2n) is 9.46. The zero-order valence-electron chi connectivity index (χ0n) is 21.7. The molecule has 0 unspecified atom stereocenters. The molecule has 196 valence electrons. The topological polar surface area (TPSA) is 122 Å². The second kappa shape index (κ2) is 11.0. The average Bonchev–Trinajstić information content (AvgIpc) is 3.23. The molecule has 3 aromatic rings. The highest BCUT2D eigenvalue weighted by Gasteiger charge is 2.32. The number of Topliss-reactive ketones (excluding diaryl/α,β-unsaturated/α-hetero) is 1. The first kappa shape index (κ1) is 26.2. The highest BCUT2D eigenvalue weighted by atomic mass is 16.5. The highest BCUT2D eigenvalue weighted by Crippen LogP contribution is 2.33. The van der Waals surface area contributed by atoms with Crippen LogP contribution in [0.25, 0.3) is 11.0 Å². The number of nitrogens with two attached hydrogens (primary N) is 1. The summed E-state index contributed by atoms with van der Waals surface area (Å²) >= 11 is 0. The summed E-state index contributed by atoms with van der Waals surface area (Å²) in [5.74, 6) is 0.276. The van der Waals surface area contributed by atoms with E-state index in [1.165, 1.54) is 25.1 Å². The van der Waals surface area contributed by atoms with Gasteiger partial charge in [-0.25, -0.2) is 9.78 Å². The molecule has 2 aromatic heterocycles. The molecule has 1 atom stereocenters. The maximum absolute atomic E-state index is 13.8. The Morgan fingerprint density at radius 3 is 2.70 bits per heavy atom. The molecule has 1 fully saturated rings. The molecule has 1 aromatic carbocycles. The first-order valence-electron chi connectivity index (χ1n) is 12.3. The number of fused-ring (bicyclic) bond motifs is 1. The van der Waals surface area contributed by atoms with Gasteiger partial charge >= 0.3 is 5.97 Å². The zero-order chi connectivity index (χ0) is 26.7. The van der Waals surface area contributed by atoms with Gasteiger partial charge < -0.3 is 24.7 Å². The standard InChI is InChI=1S/C27H33N5O5/c1-17(2)10-12-32-24-23(22(27(35)37-4)25(32)30-11-6-8-19(28)14-30)29-16-31(26(24)34)15-21(33)18-7-5-9-20(13-18)36-3/h5,7,9-10,13,16,19H,6,8,11-12,14-15,28H2,1-4H3/t19-/m1/s1. The lowest BCUT2D eigenvalue weighted by Crippen LogP contribution is -2.44. The fourth-order valence-corrected chi connectivity index (χ4v) is 4.68. The lowest BCUT2D eigenvalue weighted by atomic mass is 10.1. The van der Waals surface area contributed by atoms with E-state index in [4.69, 9.17) is 15.2 Å². The van der Waals surface area contributed by atoms with Crippen LogP contribution >= 0.6 is 0 Å². The minimum atomic E-state index is -0.577. The minimum absolute atomic E-state index is 0.0562. The number of ether oxygens (including phenoxy) is 2. The van der Waals surface area contributed by atoms with Crippen molar-refractivity contribution in [1.82, 2.24) is 14.1 Å². The number of methoxy groups -OCH3 is 2. The van der Waals surface area contributed by atoms with Crippen molar-refractivity contribution in [3.63, 3.8) is 0 Å². The minimum Gasteiger partial charge on any atom is -0.497 e. The maximum Gasteiger partial charge on any atom is 0.343 e. The van der Waals surface area contributed by atoms with E-state index in [9.17, 15) is 14.4 Å².